The van der Waals surface area contributed by atoms with E-state index in [9.17, 15) is 8.42 Å². The van der Waals surface area contributed by atoms with Crippen LogP contribution < -0.4 is 5.73 Å². The van der Waals surface area contributed by atoms with Gasteiger partial charge in [0, 0.05) is 6.54 Å². The molecule has 1 fully saturated rings. The minimum atomic E-state index is -2.92. The normalized spacial score (nSPS) is 24.3. The van der Waals surface area contributed by atoms with Crippen molar-refractivity contribution in [1.82, 2.24) is 9.78 Å². The minimum absolute atomic E-state index is 0.0557. The largest absolute Gasteiger partial charge is 0.322 e. The van der Waals surface area contributed by atoms with Crippen molar-refractivity contribution in [2.24, 2.45) is 11.7 Å². The van der Waals surface area contributed by atoms with E-state index in [1.54, 1.807) is 10.9 Å². The van der Waals surface area contributed by atoms with Crippen molar-refractivity contribution in [3.8, 4) is 0 Å². The van der Waals surface area contributed by atoms with Crippen LogP contribution in [0.4, 0.5) is 0 Å². The van der Waals surface area contributed by atoms with E-state index >= 15 is 0 Å². The molecule has 0 saturated carbocycles. The number of nitrogens with two attached hydrogens (primary N) is 1. The van der Waals surface area contributed by atoms with Crippen LogP contribution in [-0.2, 0) is 16.4 Å². The molecule has 0 aliphatic carbocycles. The molecule has 7 heteroatoms. The number of aryl methyl sites for hydroxylation is 1. The SMILES string of the molecule is CCCn1ncc(Cl)c1C(N)C1CCS(=O)(=O)C1. The topological polar surface area (TPSA) is 78.0 Å². The molecule has 5 nitrogen and oxygen atoms in total. The summed E-state index contributed by atoms with van der Waals surface area (Å²) < 4.78 is 24.8. The lowest BCUT2D eigenvalue weighted by Gasteiger charge is -2.19. The van der Waals surface area contributed by atoms with Crippen LogP contribution in [0.1, 0.15) is 31.5 Å². The molecular weight excluding hydrogens is 274 g/mol. The summed E-state index contributed by atoms with van der Waals surface area (Å²) >= 11 is 6.11. The maximum atomic E-state index is 11.5. The molecule has 102 valence electrons. The zero-order chi connectivity index (χ0) is 13.3. The van der Waals surface area contributed by atoms with Gasteiger partial charge in [-0.15, -0.1) is 0 Å². The van der Waals surface area contributed by atoms with Gasteiger partial charge in [0.25, 0.3) is 0 Å². The lowest BCUT2D eigenvalue weighted by atomic mass is 9.97. The van der Waals surface area contributed by atoms with Crippen molar-refractivity contribution < 1.29 is 8.42 Å². The van der Waals surface area contributed by atoms with Crippen molar-refractivity contribution in [2.45, 2.75) is 32.4 Å². The number of nitrogens with zero attached hydrogens (tertiary/aromatic N) is 2. The van der Waals surface area contributed by atoms with Crippen molar-refractivity contribution in [3.05, 3.63) is 16.9 Å². The van der Waals surface area contributed by atoms with E-state index in [4.69, 9.17) is 17.3 Å². The van der Waals surface area contributed by atoms with Crippen molar-refractivity contribution in [3.63, 3.8) is 0 Å². The van der Waals surface area contributed by atoms with Crippen molar-refractivity contribution in [1.29, 1.82) is 0 Å². The van der Waals surface area contributed by atoms with E-state index in [1.807, 2.05) is 6.92 Å². The van der Waals surface area contributed by atoms with Gasteiger partial charge in [0.15, 0.2) is 9.84 Å². The third kappa shape index (κ3) is 2.70. The average molecular weight is 292 g/mol. The van der Waals surface area contributed by atoms with Gasteiger partial charge in [-0.1, -0.05) is 18.5 Å². The summed E-state index contributed by atoms with van der Waals surface area (Å²) in [5.41, 5.74) is 6.95. The minimum Gasteiger partial charge on any atom is -0.322 e. The number of hydrogen-bond donors (Lipinski definition) is 1. The standard InChI is InChI=1S/C11H18ClN3O2S/c1-2-4-15-11(9(12)6-14-15)10(13)8-3-5-18(16,17)7-8/h6,8,10H,2-5,7,13H2,1H3. The first kappa shape index (κ1) is 13.8. The second-order valence-corrected chi connectivity index (χ2v) is 7.43. The molecule has 2 heterocycles. The number of halogens is 1. The summed E-state index contributed by atoms with van der Waals surface area (Å²) in [4.78, 5) is 0. The molecule has 2 rings (SSSR count). The van der Waals surface area contributed by atoms with Crippen molar-refractivity contribution in [2.75, 3.05) is 11.5 Å². The highest BCUT2D eigenvalue weighted by Gasteiger charge is 2.34. The van der Waals surface area contributed by atoms with E-state index < -0.39 is 9.84 Å². The molecule has 0 amide bonds. The Hall–Kier alpha value is -0.590. The molecule has 18 heavy (non-hydrogen) atoms. The third-order valence-corrected chi connectivity index (χ3v) is 5.44. The summed E-state index contributed by atoms with van der Waals surface area (Å²) in [5, 5.41) is 4.72. The van der Waals surface area contributed by atoms with Crippen molar-refractivity contribution >= 4 is 21.4 Å². The van der Waals surface area contributed by atoms with E-state index in [0.29, 0.717) is 11.4 Å². The van der Waals surface area contributed by atoms with Crippen LogP contribution in [0.2, 0.25) is 5.02 Å². The van der Waals surface area contributed by atoms with Crippen LogP contribution in [0.25, 0.3) is 0 Å². The Morgan fingerprint density at radius 1 is 1.67 bits per heavy atom. The van der Waals surface area contributed by atoms with Gasteiger partial charge in [0.2, 0.25) is 0 Å². The quantitative estimate of drug-likeness (QED) is 0.909. The molecule has 2 N–H and O–H groups in total. The summed E-state index contributed by atoms with van der Waals surface area (Å²) in [5.74, 6) is 0.326. The smallest absolute Gasteiger partial charge is 0.150 e. The third-order valence-electron chi connectivity index (χ3n) is 3.36. The molecular formula is C11H18ClN3O2S. The van der Waals surface area contributed by atoms with E-state index in [2.05, 4.69) is 5.10 Å². The van der Waals surface area contributed by atoms with Crippen LogP contribution in [0, 0.1) is 5.92 Å². The molecule has 2 atom stereocenters. The van der Waals surface area contributed by atoms with Crippen LogP contribution in [0.3, 0.4) is 0 Å². The Labute approximate surface area is 112 Å². The molecule has 1 aliphatic rings. The Morgan fingerprint density at radius 3 is 2.94 bits per heavy atom. The second-order valence-electron chi connectivity index (χ2n) is 4.79. The molecule has 0 aromatic carbocycles. The number of aromatic nitrogens is 2. The fourth-order valence-corrected chi connectivity index (χ4v) is 4.55. The lowest BCUT2D eigenvalue weighted by Crippen LogP contribution is -2.26. The molecule has 0 radical (unpaired) electrons. The first-order valence-corrected chi connectivity index (χ1v) is 8.31. The fourth-order valence-electron chi connectivity index (χ4n) is 2.42. The van der Waals surface area contributed by atoms with Gasteiger partial charge in [-0.3, -0.25) is 4.68 Å². The molecule has 0 bridgehead atoms. The first-order chi connectivity index (χ1) is 8.44. The Kier molecular flexibility index (Phi) is 3.99. The molecule has 1 aromatic heterocycles. The van der Waals surface area contributed by atoms with Crippen LogP contribution >= 0.6 is 11.6 Å². The second kappa shape index (κ2) is 5.19. The summed E-state index contributed by atoms with van der Waals surface area (Å²) in [6.45, 7) is 2.79. The van der Waals surface area contributed by atoms with Gasteiger partial charge in [-0.2, -0.15) is 5.10 Å². The predicted octanol–water partition coefficient (Wildman–Crippen LogP) is 1.38. The number of hydrogen-bond acceptors (Lipinski definition) is 4. The highest BCUT2D eigenvalue weighted by molar-refractivity contribution is 7.91. The van der Waals surface area contributed by atoms with Crippen LogP contribution in [0.5, 0.6) is 0 Å². The zero-order valence-electron chi connectivity index (χ0n) is 10.3. The van der Waals surface area contributed by atoms with Gasteiger partial charge >= 0.3 is 0 Å². The zero-order valence-corrected chi connectivity index (χ0v) is 11.9. The number of rotatable bonds is 4. The van der Waals surface area contributed by atoms with Gasteiger partial charge < -0.3 is 5.73 Å². The average Bonchev–Trinajstić information content (AvgIpc) is 2.82. The van der Waals surface area contributed by atoms with Crippen LogP contribution in [-0.4, -0.2) is 29.7 Å². The summed E-state index contributed by atoms with van der Waals surface area (Å²) in [6.07, 6.45) is 3.12. The predicted molar refractivity (Wildman–Crippen MR) is 71.2 cm³/mol. The Balaban J connectivity index is 2.23. The van der Waals surface area contributed by atoms with Gasteiger partial charge in [-0.25, -0.2) is 8.42 Å². The Bertz CT molecular complexity index is 526. The summed E-state index contributed by atoms with van der Waals surface area (Å²) in [6, 6.07) is -0.358. The van der Waals surface area contributed by atoms with Gasteiger partial charge in [0.1, 0.15) is 0 Å². The Morgan fingerprint density at radius 2 is 2.39 bits per heavy atom. The molecule has 1 aliphatic heterocycles. The maximum Gasteiger partial charge on any atom is 0.150 e. The van der Waals surface area contributed by atoms with Crippen LogP contribution in [0.15, 0.2) is 6.20 Å². The van der Waals surface area contributed by atoms with E-state index in [-0.39, 0.29) is 23.5 Å². The molecule has 1 aromatic rings. The highest BCUT2D eigenvalue weighted by Crippen LogP contribution is 2.33. The lowest BCUT2D eigenvalue weighted by molar-refractivity contribution is 0.437. The molecule has 2 unspecified atom stereocenters. The van der Waals surface area contributed by atoms with E-state index in [0.717, 1.165) is 18.7 Å². The highest BCUT2D eigenvalue weighted by atomic mass is 35.5. The van der Waals surface area contributed by atoms with Gasteiger partial charge in [-0.05, 0) is 18.8 Å². The van der Waals surface area contributed by atoms with Gasteiger partial charge in [0.05, 0.1) is 34.5 Å². The first-order valence-electron chi connectivity index (χ1n) is 6.12. The molecule has 0 spiro atoms. The van der Waals surface area contributed by atoms with E-state index in [1.165, 1.54) is 0 Å². The fraction of sp³-hybridized carbons (Fsp3) is 0.727. The number of sulfone groups is 1. The summed E-state index contributed by atoms with van der Waals surface area (Å²) in [7, 11) is -2.92. The monoisotopic (exact) mass is 291 g/mol. The maximum absolute atomic E-state index is 11.5. The molecule has 1 saturated heterocycles.